The number of Topliss-reactive ketones (excluding diaryl/α,β-unsaturated/α-hetero) is 4. The number of hydrogen-bond donors (Lipinski definition) is 6. The quantitative estimate of drug-likeness (QED) is 0.290. The summed E-state index contributed by atoms with van der Waals surface area (Å²) in [6.45, 7) is 3.58. The minimum atomic E-state index is -3.40. The number of aliphatic hydroxyl groups excluding tert-OH is 2. The molecule has 0 unspecified atom stereocenters. The molecule has 1 aromatic carbocycles. The Morgan fingerprint density at radius 1 is 1.11 bits per heavy atom. The van der Waals surface area contributed by atoms with Crippen molar-refractivity contribution in [2.24, 2.45) is 5.41 Å². The third kappa shape index (κ3) is 2.77. The van der Waals surface area contributed by atoms with Gasteiger partial charge in [-0.3, -0.25) is 19.2 Å². The Balaban J connectivity index is 1.93. The molecule has 0 radical (unpaired) electrons. The predicted molar refractivity (Wildman–Crippen MR) is 125 cm³/mol. The second kappa shape index (κ2) is 7.50. The minimum Gasteiger partial charge on any atom is -0.508 e. The van der Waals surface area contributed by atoms with Crippen molar-refractivity contribution in [2.45, 2.75) is 62.6 Å². The van der Waals surface area contributed by atoms with Gasteiger partial charge in [0, 0.05) is 18.1 Å². The maximum Gasteiger partial charge on any atom is 0.217 e. The SMILES string of the molecule is COc1cc(O)c2c(c1)C(=O)[C@]13C[C@@H](C(C)(C)O)O[C@H]1[C@@]1(O)CC(=O)C(C(C)=O)=C(O)[C@@]1(O)C(=O)C3=C2O. The zero-order valence-corrected chi connectivity index (χ0v) is 20.9. The van der Waals surface area contributed by atoms with E-state index in [4.69, 9.17) is 9.47 Å². The second-order valence-electron chi connectivity index (χ2n) is 10.8. The minimum absolute atomic E-state index is 0.0219. The summed E-state index contributed by atoms with van der Waals surface area (Å²) in [6, 6.07) is 2.27. The Morgan fingerprint density at radius 2 is 1.74 bits per heavy atom. The average Bonchev–Trinajstić information content (AvgIpc) is 3.22. The van der Waals surface area contributed by atoms with Gasteiger partial charge in [0.1, 0.15) is 40.3 Å². The normalized spacial score (nSPS) is 34.6. The average molecular weight is 530 g/mol. The first-order chi connectivity index (χ1) is 17.5. The fraction of sp³-hybridized carbons (Fsp3) is 0.462. The number of methoxy groups -OCH3 is 1. The fourth-order valence-electron chi connectivity index (χ4n) is 6.37. The fourth-order valence-corrected chi connectivity index (χ4v) is 6.37. The van der Waals surface area contributed by atoms with Gasteiger partial charge in [-0.2, -0.15) is 0 Å². The van der Waals surface area contributed by atoms with Crippen molar-refractivity contribution in [3.05, 3.63) is 40.2 Å². The first-order valence-corrected chi connectivity index (χ1v) is 11.7. The molecule has 1 aliphatic heterocycles. The third-order valence-electron chi connectivity index (χ3n) is 8.20. The summed E-state index contributed by atoms with van der Waals surface area (Å²) in [7, 11) is 1.27. The molecule has 202 valence electrons. The standard InChI is InChI=1S/C26H26O12/c1-9(27)15-13(29)7-25(35)22-24(8-14(38-22)23(2,3)34)17(21(33)26(25,36)20(15)32)18(30)16-11(19(24)31)5-10(37-4)6-12(16)28/h5-6,14,22,28,30,32,34-36H,7-8H2,1-4H3/t14-,22+,24+,25-,26+/m0/s1. The number of allylic oxidation sites excluding steroid dienone is 1. The van der Waals surface area contributed by atoms with Crippen molar-refractivity contribution in [1.29, 1.82) is 0 Å². The number of carbonyl (C=O) groups excluding carboxylic acids is 4. The van der Waals surface area contributed by atoms with Crippen LogP contribution in [0.4, 0.5) is 0 Å². The summed E-state index contributed by atoms with van der Waals surface area (Å²) in [4.78, 5) is 53.4. The van der Waals surface area contributed by atoms with Crippen molar-refractivity contribution < 1.29 is 59.3 Å². The van der Waals surface area contributed by atoms with Crippen LogP contribution in [-0.4, -0.2) is 89.9 Å². The van der Waals surface area contributed by atoms with Crippen LogP contribution in [0.25, 0.3) is 5.76 Å². The maximum absolute atomic E-state index is 14.3. The number of carbonyl (C=O) groups is 4. The van der Waals surface area contributed by atoms with E-state index in [2.05, 4.69) is 0 Å². The molecular formula is C26H26O12. The van der Waals surface area contributed by atoms with E-state index in [9.17, 15) is 49.8 Å². The Morgan fingerprint density at radius 3 is 2.29 bits per heavy atom. The molecule has 1 spiro atoms. The molecule has 0 aromatic heterocycles. The van der Waals surface area contributed by atoms with Crippen molar-refractivity contribution in [2.75, 3.05) is 7.11 Å². The number of aromatic hydroxyl groups is 1. The van der Waals surface area contributed by atoms with Gasteiger partial charge in [-0.1, -0.05) is 0 Å². The molecule has 3 aliphatic carbocycles. The van der Waals surface area contributed by atoms with Crippen LogP contribution in [0.2, 0.25) is 0 Å². The number of phenols is 1. The number of benzene rings is 1. The van der Waals surface area contributed by atoms with Crippen LogP contribution in [0.1, 0.15) is 49.5 Å². The highest BCUT2D eigenvalue weighted by molar-refractivity contribution is 6.27. The molecule has 1 aromatic rings. The molecule has 0 bridgehead atoms. The van der Waals surface area contributed by atoms with Gasteiger partial charge in [0.15, 0.2) is 17.3 Å². The van der Waals surface area contributed by atoms with Crippen LogP contribution in [0.5, 0.6) is 11.5 Å². The Hall–Kier alpha value is -3.58. The zero-order chi connectivity index (χ0) is 28.3. The Bertz CT molecular complexity index is 1430. The van der Waals surface area contributed by atoms with Gasteiger partial charge in [-0.05, 0) is 33.3 Å². The molecule has 38 heavy (non-hydrogen) atoms. The number of hydrogen-bond acceptors (Lipinski definition) is 12. The van der Waals surface area contributed by atoms with Crippen LogP contribution in [0.3, 0.4) is 0 Å². The summed E-state index contributed by atoms with van der Waals surface area (Å²) < 4.78 is 11.1. The number of ketones is 4. The maximum atomic E-state index is 14.3. The van der Waals surface area contributed by atoms with E-state index in [1.807, 2.05) is 0 Å². The molecule has 5 rings (SSSR count). The first-order valence-electron chi connectivity index (χ1n) is 11.7. The van der Waals surface area contributed by atoms with E-state index < -0.39 is 104 Å². The van der Waals surface area contributed by atoms with E-state index in [1.54, 1.807) is 0 Å². The van der Waals surface area contributed by atoms with Gasteiger partial charge in [0.2, 0.25) is 11.4 Å². The molecule has 0 amide bonds. The van der Waals surface area contributed by atoms with Crippen LogP contribution in [-0.2, 0) is 19.1 Å². The molecule has 12 nitrogen and oxygen atoms in total. The molecule has 6 N–H and O–H groups in total. The number of phenolic OH excluding ortho intramolecular Hbond substituents is 1. The van der Waals surface area contributed by atoms with Crippen molar-refractivity contribution in [1.82, 2.24) is 0 Å². The highest BCUT2D eigenvalue weighted by Crippen LogP contribution is 2.65. The summed E-state index contributed by atoms with van der Waals surface area (Å²) in [5.74, 6) is -7.62. The monoisotopic (exact) mass is 530 g/mol. The van der Waals surface area contributed by atoms with Crippen molar-refractivity contribution >= 4 is 28.9 Å². The van der Waals surface area contributed by atoms with E-state index in [0.717, 1.165) is 13.0 Å². The zero-order valence-electron chi connectivity index (χ0n) is 20.9. The summed E-state index contributed by atoms with van der Waals surface area (Å²) in [5, 5.41) is 67.4. The molecule has 1 saturated carbocycles. The van der Waals surface area contributed by atoms with Crippen LogP contribution in [0.15, 0.2) is 29.0 Å². The van der Waals surface area contributed by atoms with Crippen molar-refractivity contribution in [3.8, 4) is 11.5 Å². The smallest absolute Gasteiger partial charge is 0.217 e. The van der Waals surface area contributed by atoms with E-state index >= 15 is 0 Å². The van der Waals surface area contributed by atoms with E-state index in [0.29, 0.717) is 0 Å². The lowest BCUT2D eigenvalue weighted by Crippen LogP contribution is -2.77. The molecule has 12 heteroatoms. The van der Waals surface area contributed by atoms with Crippen LogP contribution >= 0.6 is 0 Å². The Kier molecular flexibility index (Phi) is 5.14. The van der Waals surface area contributed by atoms with Gasteiger partial charge in [-0.25, -0.2) is 0 Å². The van der Waals surface area contributed by atoms with Crippen LogP contribution < -0.4 is 4.74 Å². The summed E-state index contributed by atoms with van der Waals surface area (Å²) in [5.41, 5.74) is -12.9. The highest BCUT2D eigenvalue weighted by atomic mass is 16.5. The highest BCUT2D eigenvalue weighted by Gasteiger charge is 2.81. The lowest BCUT2D eigenvalue weighted by atomic mass is 9.48. The van der Waals surface area contributed by atoms with Gasteiger partial charge >= 0.3 is 0 Å². The van der Waals surface area contributed by atoms with Gasteiger partial charge < -0.3 is 40.1 Å². The molecular weight excluding hydrogens is 504 g/mol. The lowest BCUT2D eigenvalue weighted by Gasteiger charge is -2.56. The van der Waals surface area contributed by atoms with E-state index in [-0.39, 0.29) is 11.3 Å². The molecule has 1 heterocycles. The number of ether oxygens (including phenoxy) is 2. The third-order valence-corrected chi connectivity index (χ3v) is 8.20. The largest absolute Gasteiger partial charge is 0.508 e. The summed E-state index contributed by atoms with van der Waals surface area (Å²) >= 11 is 0. The molecule has 5 atom stereocenters. The van der Waals surface area contributed by atoms with Gasteiger partial charge in [-0.15, -0.1) is 0 Å². The Labute approximate surface area is 215 Å². The number of rotatable bonds is 3. The lowest BCUT2D eigenvalue weighted by molar-refractivity contribution is -0.234. The van der Waals surface area contributed by atoms with E-state index in [1.165, 1.54) is 27.0 Å². The predicted octanol–water partition coefficient (Wildman–Crippen LogP) is 0.200. The van der Waals surface area contributed by atoms with Crippen LogP contribution in [0, 0.1) is 5.41 Å². The first kappa shape index (κ1) is 26.0. The molecule has 2 fully saturated rings. The molecule has 4 aliphatic rings. The second-order valence-corrected chi connectivity index (χ2v) is 10.8. The molecule has 1 saturated heterocycles. The van der Waals surface area contributed by atoms with Gasteiger partial charge in [0.25, 0.3) is 0 Å². The number of fused-ring (bicyclic) bond motifs is 3. The van der Waals surface area contributed by atoms with Gasteiger partial charge in [0.05, 0.1) is 35.4 Å². The number of aliphatic hydroxyl groups is 5. The topological polar surface area (TPSA) is 208 Å². The summed E-state index contributed by atoms with van der Waals surface area (Å²) in [6.07, 6.45) is -4.84. The van der Waals surface area contributed by atoms with Crippen molar-refractivity contribution in [3.63, 3.8) is 0 Å².